The molecule has 0 aliphatic carbocycles. The van der Waals surface area contributed by atoms with E-state index in [0.717, 1.165) is 6.42 Å². The number of nitrogen functional groups attached to an aromatic ring is 2. The molecule has 0 fully saturated rings. The SMILES string of the molecule is Nc1cc(N)cc(C(=O)NCCc2ccccc2)c1. The highest BCUT2D eigenvalue weighted by atomic mass is 16.1. The fraction of sp³-hybridized carbons (Fsp3) is 0.133. The van der Waals surface area contributed by atoms with Crippen molar-refractivity contribution in [2.45, 2.75) is 6.42 Å². The molecule has 5 N–H and O–H groups in total. The van der Waals surface area contributed by atoms with E-state index in [-0.39, 0.29) is 5.91 Å². The smallest absolute Gasteiger partial charge is 0.251 e. The van der Waals surface area contributed by atoms with E-state index < -0.39 is 0 Å². The first-order chi connectivity index (χ1) is 9.15. The predicted octanol–water partition coefficient (Wildman–Crippen LogP) is 1.82. The number of nitrogens with one attached hydrogen (secondary N) is 1. The summed E-state index contributed by atoms with van der Waals surface area (Å²) in [4.78, 5) is 11.9. The van der Waals surface area contributed by atoms with E-state index in [1.165, 1.54) is 5.56 Å². The molecule has 0 spiro atoms. The normalized spacial score (nSPS) is 10.1. The molecule has 0 atom stereocenters. The molecular formula is C15H17N3O. The first-order valence-electron chi connectivity index (χ1n) is 6.13. The summed E-state index contributed by atoms with van der Waals surface area (Å²) in [6.45, 7) is 0.581. The van der Waals surface area contributed by atoms with Crippen molar-refractivity contribution >= 4 is 17.3 Å². The van der Waals surface area contributed by atoms with Gasteiger partial charge in [0.2, 0.25) is 0 Å². The lowest BCUT2D eigenvalue weighted by Gasteiger charge is -2.07. The third-order valence-electron chi connectivity index (χ3n) is 2.78. The van der Waals surface area contributed by atoms with Gasteiger partial charge in [-0.1, -0.05) is 30.3 Å². The molecule has 2 rings (SSSR count). The highest BCUT2D eigenvalue weighted by Gasteiger charge is 2.06. The Kier molecular flexibility index (Phi) is 4.03. The maximum absolute atomic E-state index is 11.9. The number of hydrogen-bond acceptors (Lipinski definition) is 3. The third kappa shape index (κ3) is 3.74. The summed E-state index contributed by atoms with van der Waals surface area (Å²) in [6, 6.07) is 14.9. The maximum atomic E-state index is 11.9. The molecule has 0 bridgehead atoms. The molecule has 0 aliphatic heterocycles. The van der Waals surface area contributed by atoms with E-state index in [0.29, 0.717) is 23.5 Å². The van der Waals surface area contributed by atoms with E-state index in [1.807, 2.05) is 30.3 Å². The number of rotatable bonds is 4. The molecule has 0 aromatic heterocycles. The maximum Gasteiger partial charge on any atom is 0.251 e. The van der Waals surface area contributed by atoms with Crippen molar-refractivity contribution in [1.29, 1.82) is 0 Å². The summed E-state index contributed by atoms with van der Waals surface area (Å²) >= 11 is 0. The molecule has 2 aromatic rings. The predicted molar refractivity (Wildman–Crippen MR) is 77.7 cm³/mol. The Morgan fingerprint density at radius 1 is 1.00 bits per heavy atom. The standard InChI is InChI=1S/C15H17N3O/c16-13-8-12(9-14(17)10-13)15(19)18-7-6-11-4-2-1-3-5-11/h1-5,8-10H,6-7,16-17H2,(H,18,19). The average molecular weight is 255 g/mol. The van der Waals surface area contributed by atoms with E-state index in [9.17, 15) is 4.79 Å². The Balaban J connectivity index is 1.91. The third-order valence-corrected chi connectivity index (χ3v) is 2.78. The van der Waals surface area contributed by atoms with Gasteiger partial charge in [-0.25, -0.2) is 0 Å². The quantitative estimate of drug-likeness (QED) is 0.729. The van der Waals surface area contributed by atoms with Crippen LogP contribution in [0.4, 0.5) is 11.4 Å². The number of amides is 1. The molecule has 19 heavy (non-hydrogen) atoms. The monoisotopic (exact) mass is 255 g/mol. The Hall–Kier alpha value is -2.49. The molecule has 2 aromatic carbocycles. The Labute approximate surface area is 112 Å². The lowest BCUT2D eigenvalue weighted by atomic mass is 10.1. The van der Waals surface area contributed by atoms with Crippen LogP contribution in [0.5, 0.6) is 0 Å². The molecule has 0 saturated carbocycles. The van der Waals surface area contributed by atoms with E-state index in [4.69, 9.17) is 11.5 Å². The summed E-state index contributed by atoms with van der Waals surface area (Å²) in [5.41, 5.74) is 14.0. The van der Waals surface area contributed by atoms with Crippen molar-refractivity contribution in [3.05, 3.63) is 59.7 Å². The summed E-state index contributed by atoms with van der Waals surface area (Å²) in [7, 11) is 0. The lowest BCUT2D eigenvalue weighted by Crippen LogP contribution is -2.25. The van der Waals surface area contributed by atoms with Crippen LogP contribution in [0.25, 0.3) is 0 Å². The molecule has 0 heterocycles. The number of anilines is 2. The molecule has 4 heteroatoms. The number of carbonyl (C=O) groups excluding carboxylic acids is 1. The van der Waals surface area contributed by atoms with E-state index in [2.05, 4.69) is 5.32 Å². The Bertz CT molecular complexity index is 547. The van der Waals surface area contributed by atoms with Gasteiger partial charge in [-0.05, 0) is 30.2 Å². The van der Waals surface area contributed by atoms with E-state index in [1.54, 1.807) is 18.2 Å². The van der Waals surface area contributed by atoms with Crippen LogP contribution in [0.3, 0.4) is 0 Å². The van der Waals surface area contributed by atoms with Gasteiger partial charge in [0.1, 0.15) is 0 Å². The topological polar surface area (TPSA) is 81.1 Å². The molecule has 0 aliphatic rings. The van der Waals surface area contributed by atoms with Crippen molar-refractivity contribution in [3.63, 3.8) is 0 Å². The summed E-state index contributed by atoms with van der Waals surface area (Å²) < 4.78 is 0. The number of hydrogen-bond donors (Lipinski definition) is 3. The van der Waals surface area contributed by atoms with Crippen LogP contribution in [-0.2, 0) is 6.42 Å². The minimum atomic E-state index is -0.157. The number of nitrogens with two attached hydrogens (primary N) is 2. The van der Waals surface area contributed by atoms with Crippen LogP contribution in [0.2, 0.25) is 0 Å². The van der Waals surface area contributed by atoms with Gasteiger partial charge in [0.15, 0.2) is 0 Å². The second-order valence-electron chi connectivity index (χ2n) is 4.38. The Morgan fingerprint density at radius 3 is 2.26 bits per heavy atom. The first-order valence-corrected chi connectivity index (χ1v) is 6.13. The van der Waals surface area contributed by atoms with Crippen LogP contribution in [0.1, 0.15) is 15.9 Å². The minimum Gasteiger partial charge on any atom is -0.399 e. The van der Waals surface area contributed by atoms with Gasteiger partial charge >= 0.3 is 0 Å². The van der Waals surface area contributed by atoms with Gasteiger partial charge in [-0.3, -0.25) is 4.79 Å². The molecule has 0 radical (unpaired) electrons. The number of carbonyl (C=O) groups is 1. The van der Waals surface area contributed by atoms with Gasteiger partial charge in [-0.15, -0.1) is 0 Å². The first kappa shape index (κ1) is 13.0. The van der Waals surface area contributed by atoms with Crippen LogP contribution in [0.15, 0.2) is 48.5 Å². The van der Waals surface area contributed by atoms with Crippen molar-refractivity contribution in [2.24, 2.45) is 0 Å². The minimum absolute atomic E-state index is 0.157. The fourth-order valence-corrected chi connectivity index (χ4v) is 1.87. The summed E-state index contributed by atoms with van der Waals surface area (Å²) in [5, 5.41) is 2.85. The molecule has 1 amide bonds. The van der Waals surface area contributed by atoms with Gasteiger partial charge in [-0.2, -0.15) is 0 Å². The zero-order valence-electron chi connectivity index (χ0n) is 10.6. The van der Waals surface area contributed by atoms with Gasteiger partial charge < -0.3 is 16.8 Å². The second kappa shape index (κ2) is 5.91. The summed E-state index contributed by atoms with van der Waals surface area (Å²) in [6.07, 6.45) is 0.796. The number of benzene rings is 2. The highest BCUT2D eigenvalue weighted by Crippen LogP contribution is 2.13. The second-order valence-corrected chi connectivity index (χ2v) is 4.38. The van der Waals surface area contributed by atoms with Crippen molar-refractivity contribution in [1.82, 2.24) is 5.32 Å². The van der Waals surface area contributed by atoms with Crippen LogP contribution in [-0.4, -0.2) is 12.5 Å². The van der Waals surface area contributed by atoms with Gasteiger partial charge in [0, 0.05) is 23.5 Å². The molecule has 0 unspecified atom stereocenters. The van der Waals surface area contributed by atoms with Crippen molar-refractivity contribution in [2.75, 3.05) is 18.0 Å². The zero-order chi connectivity index (χ0) is 13.7. The largest absolute Gasteiger partial charge is 0.399 e. The van der Waals surface area contributed by atoms with Crippen LogP contribution >= 0.6 is 0 Å². The molecular weight excluding hydrogens is 238 g/mol. The molecule has 98 valence electrons. The lowest BCUT2D eigenvalue weighted by molar-refractivity contribution is 0.0954. The van der Waals surface area contributed by atoms with Crippen LogP contribution in [0, 0.1) is 0 Å². The highest BCUT2D eigenvalue weighted by molar-refractivity contribution is 5.96. The fourth-order valence-electron chi connectivity index (χ4n) is 1.87. The average Bonchev–Trinajstić information content (AvgIpc) is 2.38. The molecule has 4 nitrogen and oxygen atoms in total. The molecule has 0 saturated heterocycles. The van der Waals surface area contributed by atoms with Crippen LogP contribution < -0.4 is 16.8 Å². The van der Waals surface area contributed by atoms with Crippen molar-refractivity contribution in [3.8, 4) is 0 Å². The van der Waals surface area contributed by atoms with Gasteiger partial charge in [0.25, 0.3) is 5.91 Å². The van der Waals surface area contributed by atoms with Gasteiger partial charge in [0.05, 0.1) is 0 Å². The Morgan fingerprint density at radius 2 is 1.63 bits per heavy atom. The van der Waals surface area contributed by atoms with Crippen molar-refractivity contribution < 1.29 is 4.79 Å². The van der Waals surface area contributed by atoms with E-state index >= 15 is 0 Å². The summed E-state index contributed by atoms with van der Waals surface area (Å²) in [5.74, 6) is -0.157. The zero-order valence-corrected chi connectivity index (χ0v) is 10.6.